The zero-order valence-corrected chi connectivity index (χ0v) is 16.3. The fraction of sp³-hybridized carbons (Fsp3) is 0.208. The summed E-state index contributed by atoms with van der Waals surface area (Å²) in [4.78, 5) is 14.4. The van der Waals surface area contributed by atoms with Crippen molar-refractivity contribution in [2.75, 3.05) is 11.4 Å². The first-order valence-corrected chi connectivity index (χ1v) is 9.82. The summed E-state index contributed by atoms with van der Waals surface area (Å²) in [7, 11) is 0. The maximum atomic E-state index is 14.8. The van der Waals surface area contributed by atoms with Crippen molar-refractivity contribution in [3.05, 3.63) is 99.8 Å². The van der Waals surface area contributed by atoms with Crippen LogP contribution in [0.1, 0.15) is 22.3 Å². The second-order valence-corrected chi connectivity index (χ2v) is 7.68. The number of hydrogen-bond donors (Lipinski definition) is 0. The van der Waals surface area contributed by atoms with E-state index in [-0.39, 0.29) is 18.0 Å². The van der Waals surface area contributed by atoms with Crippen LogP contribution in [0.4, 0.5) is 10.1 Å². The van der Waals surface area contributed by atoms with Gasteiger partial charge in [0.25, 0.3) is 0 Å². The van der Waals surface area contributed by atoms with Gasteiger partial charge in [0.1, 0.15) is 11.6 Å². The fourth-order valence-electron chi connectivity index (χ4n) is 3.74. The van der Waals surface area contributed by atoms with Gasteiger partial charge in [-0.3, -0.25) is 4.79 Å². The number of Topliss-reactive ketones (excluding diaryl/α,β-unsaturated/α-hetero) is 1. The highest BCUT2D eigenvalue weighted by Gasteiger charge is 2.19. The van der Waals surface area contributed by atoms with Crippen LogP contribution in [0.3, 0.4) is 0 Å². The Hall–Kier alpha value is -2.65. The van der Waals surface area contributed by atoms with Crippen LogP contribution in [0.25, 0.3) is 0 Å². The molecule has 0 bridgehead atoms. The van der Waals surface area contributed by atoms with E-state index in [9.17, 15) is 9.18 Å². The van der Waals surface area contributed by atoms with Gasteiger partial charge in [0.2, 0.25) is 0 Å². The van der Waals surface area contributed by atoms with E-state index in [1.54, 1.807) is 18.2 Å². The van der Waals surface area contributed by atoms with E-state index in [1.165, 1.54) is 17.2 Å². The summed E-state index contributed by atoms with van der Waals surface area (Å²) in [5, 5.41) is 0.647. The third kappa shape index (κ3) is 4.26. The van der Waals surface area contributed by atoms with E-state index in [2.05, 4.69) is 17.0 Å². The molecule has 0 fully saturated rings. The number of fused-ring (bicyclic) bond motifs is 1. The number of ketones is 1. The molecule has 2 nitrogen and oxygen atoms in total. The molecule has 0 saturated carbocycles. The number of carbonyl (C=O) groups is 1. The monoisotopic (exact) mass is 393 g/mol. The van der Waals surface area contributed by atoms with Gasteiger partial charge in [-0.15, -0.1) is 0 Å². The molecule has 4 rings (SSSR count). The molecule has 0 unspecified atom stereocenters. The molecule has 0 aromatic heterocycles. The lowest BCUT2D eigenvalue weighted by Crippen LogP contribution is -2.31. The van der Waals surface area contributed by atoms with Gasteiger partial charge in [-0.25, -0.2) is 4.39 Å². The van der Waals surface area contributed by atoms with Gasteiger partial charge in [-0.05, 0) is 52.9 Å². The first-order valence-electron chi connectivity index (χ1n) is 9.45. The van der Waals surface area contributed by atoms with Gasteiger partial charge in [-0.2, -0.15) is 0 Å². The Labute approximate surface area is 169 Å². The van der Waals surface area contributed by atoms with E-state index in [0.717, 1.165) is 18.5 Å². The molecule has 3 aromatic rings. The van der Waals surface area contributed by atoms with E-state index in [0.29, 0.717) is 29.2 Å². The molecule has 1 heterocycles. The molecule has 1 aliphatic rings. The summed E-state index contributed by atoms with van der Waals surface area (Å²) >= 11 is 5.87. The van der Waals surface area contributed by atoms with Crippen LogP contribution in [0.5, 0.6) is 0 Å². The Balaban J connectivity index is 1.43. The first-order chi connectivity index (χ1) is 13.6. The van der Waals surface area contributed by atoms with Gasteiger partial charge >= 0.3 is 0 Å². The Morgan fingerprint density at radius 2 is 1.61 bits per heavy atom. The summed E-state index contributed by atoms with van der Waals surface area (Å²) in [5.41, 5.74) is 4.80. The lowest BCUT2D eigenvalue weighted by Gasteiger charge is -2.31. The Bertz CT molecular complexity index is 1000. The average molecular weight is 394 g/mol. The lowest BCUT2D eigenvalue weighted by molar-refractivity contribution is -0.117. The summed E-state index contributed by atoms with van der Waals surface area (Å²) in [6.07, 6.45) is 1.46. The second-order valence-electron chi connectivity index (χ2n) is 7.24. The Morgan fingerprint density at radius 1 is 0.929 bits per heavy atom. The van der Waals surface area contributed by atoms with Crippen molar-refractivity contribution in [1.29, 1.82) is 0 Å². The van der Waals surface area contributed by atoms with Crippen molar-refractivity contribution < 1.29 is 9.18 Å². The number of halogens is 2. The number of hydrogen-bond acceptors (Lipinski definition) is 2. The molecule has 1 aliphatic heterocycles. The lowest BCUT2D eigenvalue weighted by atomic mass is 9.98. The van der Waals surface area contributed by atoms with Crippen LogP contribution in [-0.2, 0) is 30.6 Å². The minimum absolute atomic E-state index is 0.0568. The molecule has 0 atom stereocenters. The van der Waals surface area contributed by atoms with Crippen molar-refractivity contribution in [2.45, 2.75) is 25.8 Å². The van der Waals surface area contributed by atoms with Crippen molar-refractivity contribution in [2.24, 2.45) is 0 Å². The van der Waals surface area contributed by atoms with Gasteiger partial charge in [0, 0.05) is 31.0 Å². The van der Waals surface area contributed by atoms with Crippen LogP contribution in [-0.4, -0.2) is 12.3 Å². The van der Waals surface area contributed by atoms with Gasteiger partial charge in [0.05, 0.1) is 5.69 Å². The van der Waals surface area contributed by atoms with Gasteiger partial charge in [0.15, 0.2) is 0 Å². The molecule has 3 aromatic carbocycles. The molecule has 0 amide bonds. The molecular weight excluding hydrogens is 373 g/mol. The van der Waals surface area contributed by atoms with E-state index < -0.39 is 0 Å². The molecule has 0 spiro atoms. The highest BCUT2D eigenvalue weighted by molar-refractivity contribution is 6.30. The molecule has 4 heteroatoms. The molecule has 0 radical (unpaired) electrons. The van der Waals surface area contributed by atoms with Gasteiger partial charge in [-0.1, -0.05) is 54.1 Å². The number of carbonyl (C=O) groups excluding carboxylic acids is 1. The summed E-state index contributed by atoms with van der Waals surface area (Å²) < 4.78 is 14.8. The maximum Gasteiger partial charge on any atom is 0.146 e. The third-order valence-electron chi connectivity index (χ3n) is 5.20. The summed E-state index contributed by atoms with van der Waals surface area (Å²) in [6.45, 7) is 1.50. The minimum atomic E-state index is -0.267. The van der Waals surface area contributed by atoms with Crippen molar-refractivity contribution in [3.8, 4) is 0 Å². The van der Waals surface area contributed by atoms with Crippen LogP contribution in [0.2, 0.25) is 5.02 Å². The number of nitrogens with zero attached hydrogens (tertiary/aromatic N) is 1. The normalized spacial score (nSPS) is 13.3. The maximum absolute atomic E-state index is 14.8. The number of anilines is 1. The molecular formula is C24H21ClFNO. The molecule has 0 aliphatic carbocycles. The number of rotatable bonds is 5. The van der Waals surface area contributed by atoms with Crippen molar-refractivity contribution >= 4 is 23.1 Å². The second kappa shape index (κ2) is 8.15. The topological polar surface area (TPSA) is 20.3 Å². The minimum Gasteiger partial charge on any atom is -0.364 e. The highest BCUT2D eigenvalue weighted by Crippen LogP contribution is 2.27. The van der Waals surface area contributed by atoms with Gasteiger partial charge < -0.3 is 4.90 Å². The predicted molar refractivity (Wildman–Crippen MR) is 111 cm³/mol. The predicted octanol–water partition coefficient (Wildman–Crippen LogP) is 5.40. The van der Waals surface area contributed by atoms with Crippen LogP contribution >= 0.6 is 11.6 Å². The van der Waals surface area contributed by atoms with E-state index >= 15 is 0 Å². The standard InChI is InChI=1S/C24H21ClFNO/c25-21-8-5-17(6-9-21)13-22(28)14-18-7-10-24(23(26)15-18)27-12-11-19-3-1-2-4-20(19)16-27/h1-10,15H,11-14,16H2. The quantitative estimate of drug-likeness (QED) is 0.578. The zero-order chi connectivity index (χ0) is 19.5. The molecule has 28 heavy (non-hydrogen) atoms. The van der Waals surface area contributed by atoms with E-state index in [1.807, 2.05) is 30.3 Å². The fourth-order valence-corrected chi connectivity index (χ4v) is 3.86. The van der Waals surface area contributed by atoms with Crippen molar-refractivity contribution in [3.63, 3.8) is 0 Å². The number of benzene rings is 3. The molecule has 0 saturated heterocycles. The first kappa shape index (κ1) is 18.7. The zero-order valence-electron chi connectivity index (χ0n) is 15.5. The summed E-state index contributed by atoms with van der Waals surface area (Å²) in [6, 6.07) is 20.7. The Morgan fingerprint density at radius 3 is 2.36 bits per heavy atom. The Kier molecular flexibility index (Phi) is 5.45. The van der Waals surface area contributed by atoms with Crippen LogP contribution < -0.4 is 4.90 Å². The molecule has 0 N–H and O–H groups in total. The van der Waals surface area contributed by atoms with Crippen molar-refractivity contribution in [1.82, 2.24) is 0 Å². The largest absolute Gasteiger partial charge is 0.364 e. The summed E-state index contributed by atoms with van der Waals surface area (Å²) in [5.74, 6) is -0.211. The van der Waals surface area contributed by atoms with E-state index in [4.69, 9.17) is 11.6 Å². The van der Waals surface area contributed by atoms with Crippen LogP contribution in [0.15, 0.2) is 66.7 Å². The highest BCUT2D eigenvalue weighted by atomic mass is 35.5. The molecule has 142 valence electrons. The average Bonchev–Trinajstić information content (AvgIpc) is 2.69. The smallest absolute Gasteiger partial charge is 0.146 e. The third-order valence-corrected chi connectivity index (χ3v) is 5.45. The SMILES string of the molecule is O=C(Cc1ccc(Cl)cc1)Cc1ccc(N2CCc3ccccc3C2)c(F)c1. The van der Waals surface area contributed by atoms with Crippen LogP contribution in [0, 0.1) is 5.82 Å².